The molecule has 2 heterocycles. The fraction of sp³-hybridized carbons (Fsp3) is 0.154. The summed E-state index contributed by atoms with van der Waals surface area (Å²) in [7, 11) is 0. The maximum atomic E-state index is 11.2. The smallest absolute Gasteiger partial charge is 0.219 e. The second kappa shape index (κ2) is 4.74. The summed E-state index contributed by atoms with van der Waals surface area (Å²) in [6.07, 6.45) is 3.17. The van der Waals surface area contributed by atoms with Crippen LogP contribution in [-0.4, -0.2) is 15.8 Å². The maximum absolute atomic E-state index is 11.2. The Morgan fingerprint density at radius 3 is 2.71 bits per heavy atom. The van der Waals surface area contributed by atoms with Gasteiger partial charge in [-0.05, 0) is 32.0 Å². The SMILES string of the molecule is CC(=O)c1ccnc(Oc2ccc(C)nc2)c1. The van der Waals surface area contributed by atoms with Crippen molar-refractivity contribution in [3.63, 3.8) is 0 Å². The van der Waals surface area contributed by atoms with E-state index in [1.165, 1.54) is 6.92 Å². The quantitative estimate of drug-likeness (QED) is 0.758. The van der Waals surface area contributed by atoms with Crippen LogP contribution >= 0.6 is 0 Å². The van der Waals surface area contributed by atoms with Gasteiger partial charge in [0.25, 0.3) is 0 Å². The van der Waals surface area contributed by atoms with Gasteiger partial charge in [-0.25, -0.2) is 4.98 Å². The molecule has 0 radical (unpaired) electrons. The summed E-state index contributed by atoms with van der Waals surface area (Å²) in [5, 5.41) is 0. The highest BCUT2D eigenvalue weighted by atomic mass is 16.5. The van der Waals surface area contributed by atoms with Gasteiger partial charge in [0.2, 0.25) is 5.88 Å². The van der Waals surface area contributed by atoms with Crippen molar-refractivity contribution in [2.75, 3.05) is 0 Å². The number of hydrogen-bond acceptors (Lipinski definition) is 4. The molecule has 0 spiro atoms. The van der Waals surface area contributed by atoms with Gasteiger partial charge in [-0.1, -0.05) is 0 Å². The first kappa shape index (κ1) is 11.3. The molecule has 0 aliphatic carbocycles. The van der Waals surface area contributed by atoms with E-state index < -0.39 is 0 Å². The van der Waals surface area contributed by atoms with Crippen molar-refractivity contribution in [3.05, 3.63) is 47.9 Å². The van der Waals surface area contributed by atoms with E-state index in [0.29, 0.717) is 17.2 Å². The summed E-state index contributed by atoms with van der Waals surface area (Å²) < 4.78 is 5.50. The molecule has 0 aliphatic heterocycles. The summed E-state index contributed by atoms with van der Waals surface area (Å²) in [6, 6.07) is 6.93. The van der Waals surface area contributed by atoms with Crippen molar-refractivity contribution < 1.29 is 9.53 Å². The average Bonchev–Trinajstić information content (AvgIpc) is 2.32. The van der Waals surface area contributed by atoms with E-state index in [2.05, 4.69) is 9.97 Å². The van der Waals surface area contributed by atoms with E-state index in [9.17, 15) is 4.79 Å². The van der Waals surface area contributed by atoms with Crippen LogP contribution in [0, 0.1) is 6.92 Å². The number of aromatic nitrogens is 2. The van der Waals surface area contributed by atoms with Gasteiger partial charge in [0.15, 0.2) is 5.78 Å². The fourth-order valence-electron chi connectivity index (χ4n) is 1.32. The number of ketones is 1. The number of ether oxygens (including phenoxy) is 1. The zero-order chi connectivity index (χ0) is 12.3. The Labute approximate surface area is 99.3 Å². The second-order valence-electron chi connectivity index (χ2n) is 3.68. The van der Waals surface area contributed by atoms with Crippen molar-refractivity contribution in [2.45, 2.75) is 13.8 Å². The van der Waals surface area contributed by atoms with E-state index in [-0.39, 0.29) is 5.78 Å². The highest BCUT2D eigenvalue weighted by Gasteiger charge is 2.03. The third kappa shape index (κ3) is 2.87. The summed E-state index contributed by atoms with van der Waals surface area (Å²) in [4.78, 5) is 19.3. The zero-order valence-electron chi connectivity index (χ0n) is 9.68. The predicted molar refractivity (Wildman–Crippen MR) is 63.3 cm³/mol. The molecule has 2 rings (SSSR count). The molecule has 0 saturated heterocycles. The lowest BCUT2D eigenvalue weighted by Gasteiger charge is -2.05. The van der Waals surface area contributed by atoms with Gasteiger partial charge in [0.05, 0.1) is 6.20 Å². The van der Waals surface area contributed by atoms with Crippen LogP contribution in [0.25, 0.3) is 0 Å². The number of Topliss-reactive ketones (excluding diaryl/α,β-unsaturated/α-hetero) is 1. The molecule has 0 aliphatic rings. The molecular weight excluding hydrogens is 216 g/mol. The van der Waals surface area contributed by atoms with Gasteiger partial charge in [-0.3, -0.25) is 9.78 Å². The molecule has 0 unspecified atom stereocenters. The fourth-order valence-corrected chi connectivity index (χ4v) is 1.32. The maximum Gasteiger partial charge on any atom is 0.219 e. The molecule has 0 amide bonds. The topological polar surface area (TPSA) is 52.1 Å². The Hall–Kier alpha value is -2.23. The Balaban J connectivity index is 2.21. The standard InChI is InChI=1S/C13H12N2O2/c1-9-3-4-12(8-15-9)17-13-7-11(10(2)16)5-6-14-13/h3-8H,1-2H3. The molecule has 0 atom stereocenters. The van der Waals surface area contributed by atoms with Crippen LogP contribution in [0.2, 0.25) is 0 Å². The first-order valence-electron chi connectivity index (χ1n) is 5.22. The predicted octanol–water partition coefficient (Wildman–Crippen LogP) is 2.78. The van der Waals surface area contributed by atoms with Gasteiger partial charge in [0, 0.05) is 23.5 Å². The molecular formula is C13H12N2O2. The van der Waals surface area contributed by atoms with E-state index in [4.69, 9.17) is 4.74 Å². The monoisotopic (exact) mass is 228 g/mol. The van der Waals surface area contributed by atoms with E-state index in [0.717, 1.165) is 5.69 Å². The second-order valence-corrected chi connectivity index (χ2v) is 3.68. The largest absolute Gasteiger partial charge is 0.437 e. The summed E-state index contributed by atoms with van der Waals surface area (Å²) in [5.41, 5.74) is 1.50. The highest BCUT2D eigenvalue weighted by molar-refractivity contribution is 5.94. The van der Waals surface area contributed by atoms with Crippen LogP contribution in [0.5, 0.6) is 11.6 Å². The normalized spacial score (nSPS) is 10.0. The summed E-state index contributed by atoms with van der Waals surface area (Å²) in [5.74, 6) is 0.978. The van der Waals surface area contributed by atoms with Crippen LogP contribution in [0.4, 0.5) is 0 Å². The number of hydrogen-bond donors (Lipinski definition) is 0. The lowest BCUT2D eigenvalue weighted by Crippen LogP contribution is -1.95. The molecule has 0 aromatic carbocycles. The van der Waals surface area contributed by atoms with Gasteiger partial charge < -0.3 is 4.74 Å². The Kier molecular flexibility index (Phi) is 3.14. The molecule has 0 bridgehead atoms. The third-order valence-corrected chi connectivity index (χ3v) is 2.25. The number of rotatable bonds is 3. The lowest BCUT2D eigenvalue weighted by molar-refractivity contribution is 0.101. The average molecular weight is 228 g/mol. The first-order chi connectivity index (χ1) is 8.15. The Morgan fingerprint density at radius 2 is 2.06 bits per heavy atom. The lowest BCUT2D eigenvalue weighted by atomic mass is 10.2. The number of nitrogens with zero attached hydrogens (tertiary/aromatic N) is 2. The molecule has 2 aromatic heterocycles. The van der Waals surface area contributed by atoms with Crippen LogP contribution in [-0.2, 0) is 0 Å². The zero-order valence-corrected chi connectivity index (χ0v) is 9.68. The van der Waals surface area contributed by atoms with Gasteiger partial charge in [0.1, 0.15) is 5.75 Å². The van der Waals surface area contributed by atoms with E-state index in [1.54, 1.807) is 24.5 Å². The first-order valence-corrected chi connectivity index (χ1v) is 5.22. The molecule has 4 heteroatoms. The minimum Gasteiger partial charge on any atom is -0.437 e. The highest BCUT2D eigenvalue weighted by Crippen LogP contribution is 2.19. The van der Waals surface area contributed by atoms with Gasteiger partial charge in [-0.2, -0.15) is 0 Å². The van der Waals surface area contributed by atoms with E-state index >= 15 is 0 Å². The Morgan fingerprint density at radius 1 is 1.24 bits per heavy atom. The molecule has 86 valence electrons. The number of carbonyl (C=O) groups is 1. The Bertz CT molecular complexity index is 535. The molecule has 17 heavy (non-hydrogen) atoms. The number of carbonyl (C=O) groups excluding carboxylic acids is 1. The number of pyridine rings is 2. The summed E-state index contributed by atoms with van der Waals surface area (Å²) >= 11 is 0. The van der Waals surface area contributed by atoms with Crippen LogP contribution in [0.1, 0.15) is 23.0 Å². The minimum atomic E-state index is -0.0146. The minimum absolute atomic E-state index is 0.0146. The van der Waals surface area contributed by atoms with Crippen molar-refractivity contribution in [1.29, 1.82) is 0 Å². The third-order valence-electron chi connectivity index (χ3n) is 2.25. The molecule has 0 fully saturated rings. The molecule has 0 N–H and O–H groups in total. The van der Waals surface area contributed by atoms with Crippen molar-refractivity contribution in [2.24, 2.45) is 0 Å². The van der Waals surface area contributed by atoms with Gasteiger partial charge in [-0.15, -0.1) is 0 Å². The van der Waals surface area contributed by atoms with Crippen molar-refractivity contribution in [3.8, 4) is 11.6 Å². The summed E-state index contributed by atoms with van der Waals surface area (Å²) in [6.45, 7) is 3.41. The van der Waals surface area contributed by atoms with Crippen LogP contribution < -0.4 is 4.74 Å². The van der Waals surface area contributed by atoms with Crippen LogP contribution in [0.3, 0.4) is 0 Å². The number of aryl methyl sites for hydroxylation is 1. The molecule has 2 aromatic rings. The van der Waals surface area contributed by atoms with E-state index in [1.807, 2.05) is 19.1 Å². The molecule has 4 nitrogen and oxygen atoms in total. The van der Waals surface area contributed by atoms with Crippen LogP contribution in [0.15, 0.2) is 36.7 Å². The molecule has 0 saturated carbocycles. The van der Waals surface area contributed by atoms with Gasteiger partial charge >= 0.3 is 0 Å². The van der Waals surface area contributed by atoms with Crippen molar-refractivity contribution >= 4 is 5.78 Å². The van der Waals surface area contributed by atoms with Crippen molar-refractivity contribution in [1.82, 2.24) is 9.97 Å².